The van der Waals surface area contributed by atoms with Crippen molar-refractivity contribution in [1.29, 1.82) is 0 Å². The summed E-state index contributed by atoms with van der Waals surface area (Å²) in [6.45, 7) is 30.0. The van der Waals surface area contributed by atoms with Crippen molar-refractivity contribution in [3.8, 4) is 0 Å². The van der Waals surface area contributed by atoms with E-state index in [0.717, 1.165) is 37.6 Å². The zero-order valence-corrected chi connectivity index (χ0v) is 32.7. The Bertz CT molecular complexity index is 1280. The van der Waals surface area contributed by atoms with Gasteiger partial charge in [0.15, 0.2) is 6.29 Å². The predicted octanol–water partition coefficient (Wildman–Crippen LogP) is 8.57. The molecular weight excluding hydrogens is 615 g/mol. The van der Waals surface area contributed by atoms with Gasteiger partial charge in [0.05, 0.1) is 6.42 Å². The van der Waals surface area contributed by atoms with Crippen LogP contribution in [0, 0.1) is 61.6 Å². The van der Waals surface area contributed by atoms with Crippen LogP contribution >= 0.6 is 0 Å². The summed E-state index contributed by atoms with van der Waals surface area (Å²) in [5, 5.41) is 20.1. The summed E-state index contributed by atoms with van der Waals surface area (Å²) in [4.78, 5) is 15.9. The number of nitrogens with zero attached hydrogens (tertiary/aromatic N) is 2. The second-order valence-electron chi connectivity index (χ2n) is 20.7. The summed E-state index contributed by atoms with van der Waals surface area (Å²) in [5.41, 5.74) is 1.86. The van der Waals surface area contributed by atoms with Crippen LogP contribution in [0.3, 0.4) is 0 Å². The van der Waals surface area contributed by atoms with Gasteiger partial charge in [-0.3, -0.25) is 4.79 Å². The molecule has 0 spiro atoms. The third-order valence-electron chi connectivity index (χ3n) is 17.4. The molecule has 280 valence electrons. The zero-order chi connectivity index (χ0) is 36.0. The smallest absolute Gasteiger partial charge is 0.306 e. The highest BCUT2D eigenvalue weighted by molar-refractivity contribution is 5.70. The van der Waals surface area contributed by atoms with Crippen molar-refractivity contribution >= 4 is 5.97 Å². The molecule has 5 aliphatic carbocycles. The number of carbonyl (C=O) groups is 1. The van der Waals surface area contributed by atoms with Gasteiger partial charge in [0.25, 0.3) is 0 Å². The van der Waals surface area contributed by atoms with Crippen LogP contribution in [-0.2, 0) is 9.53 Å². The van der Waals surface area contributed by atoms with Gasteiger partial charge in [0.1, 0.15) is 6.10 Å². The number of allylic oxidation sites excluding steroid dienone is 1. The Morgan fingerprint density at radius 2 is 1.51 bits per heavy atom. The van der Waals surface area contributed by atoms with Gasteiger partial charge in [0.2, 0.25) is 0 Å². The van der Waals surface area contributed by atoms with E-state index in [2.05, 4.69) is 59.9 Å². The molecule has 0 aromatic carbocycles. The Kier molecular flexibility index (Phi) is 9.66. The van der Waals surface area contributed by atoms with Gasteiger partial charge in [-0.25, -0.2) is 0 Å². The Morgan fingerprint density at radius 1 is 0.878 bits per heavy atom. The molecule has 2 N–H and O–H groups in total. The van der Waals surface area contributed by atoms with Gasteiger partial charge in [-0.1, -0.05) is 67.5 Å². The van der Waals surface area contributed by atoms with Crippen LogP contribution in [0.4, 0.5) is 4.48 Å². The highest BCUT2D eigenvalue weighted by atomic mass is 19.2. The van der Waals surface area contributed by atoms with E-state index in [9.17, 15) is 19.5 Å². The first-order chi connectivity index (χ1) is 22.6. The lowest BCUT2D eigenvalue weighted by Crippen LogP contribution is -2.70. The van der Waals surface area contributed by atoms with Crippen molar-refractivity contribution in [2.45, 2.75) is 152 Å². The molecule has 6 fully saturated rings. The molecule has 49 heavy (non-hydrogen) atoms. The summed E-state index contributed by atoms with van der Waals surface area (Å²) >= 11 is 0. The maximum atomic E-state index is 14.0. The highest BCUT2D eigenvalue weighted by Crippen LogP contribution is 2.81. The van der Waals surface area contributed by atoms with Crippen LogP contribution in [-0.4, -0.2) is 71.3 Å². The largest absolute Gasteiger partial charge is 0.462 e. The second-order valence-corrected chi connectivity index (χ2v) is 20.7. The van der Waals surface area contributed by atoms with E-state index < -0.39 is 11.7 Å². The number of fused-ring (bicyclic) bond motifs is 7. The van der Waals surface area contributed by atoms with E-state index in [0.29, 0.717) is 36.8 Å². The van der Waals surface area contributed by atoms with Crippen LogP contribution in [0.2, 0.25) is 0 Å². The topological polar surface area (TPSA) is 73.2 Å². The Hall–Kier alpha value is -1.02. The van der Waals surface area contributed by atoms with E-state index in [4.69, 9.17) is 4.74 Å². The molecule has 6 aliphatic rings. The number of carbonyl (C=O) groups excluding carboxylic acids is 1. The second kappa shape index (κ2) is 12.5. The zero-order valence-electron chi connectivity index (χ0n) is 32.7. The summed E-state index contributed by atoms with van der Waals surface area (Å²) in [5.74, 6) is 2.08. The summed E-state index contributed by atoms with van der Waals surface area (Å²) in [6.07, 6.45) is 10.8. The normalized spacial score (nSPS) is 45.6. The number of halogens is 1. The first kappa shape index (κ1) is 37.7. The third kappa shape index (κ3) is 5.89. The van der Waals surface area contributed by atoms with Crippen LogP contribution in [0.5, 0.6) is 0 Å². The molecule has 0 aromatic heterocycles. The van der Waals surface area contributed by atoms with Crippen molar-refractivity contribution in [1.82, 2.24) is 10.0 Å². The Morgan fingerprint density at radius 3 is 2.14 bits per heavy atom. The molecule has 5 saturated carbocycles. The van der Waals surface area contributed by atoms with Gasteiger partial charge < -0.3 is 19.8 Å². The monoisotopic (exact) mass is 687 g/mol. The molecule has 1 heterocycles. The number of ether oxygens (including phenoxy) is 1. The maximum Gasteiger partial charge on any atom is 0.306 e. The summed E-state index contributed by atoms with van der Waals surface area (Å²) in [6, 6.07) is 0. The molecule has 0 aromatic rings. The molecule has 0 radical (unpaired) electrons. The van der Waals surface area contributed by atoms with Crippen molar-refractivity contribution < 1.29 is 24.2 Å². The molecule has 0 unspecified atom stereocenters. The fraction of sp³-hybridized carbons (Fsp3) is 0.929. The maximum absolute atomic E-state index is 14.0. The molecule has 6 nitrogen and oxygen atoms in total. The van der Waals surface area contributed by atoms with Crippen molar-refractivity contribution in [3.63, 3.8) is 0 Å². The van der Waals surface area contributed by atoms with Gasteiger partial charge in [-0.15, -0.1) is 9.60 Å². The quantitative estimate of drug-likeness (QED) is 0.115. The fourth-order valence-electron chi connectivity index (χ4n) is 14.9. The third-order valence-corrected chi connectivity index (χ3v) is 17.4. The van der Waals surface area contributed by atoms with Crippen LogP contribution in [0.25, 0.3) is 0 Å². The van der Waals surface area contributed by atoms with E-state index in [1.807, 2.05) is 13.8 Å². The van der Waals surface area contributed by atoms with E-state index in [1.54, 1.807) is 0 Å². The van der Waals surface area contributed by atoms with Crippen molar-refractivity contribution in [2.24, 2.45) is 61.6 Å². The van der Waals surface area contributed by atoms with E-state index >= 15 is 0 Å². The molecule has 7 heteroatoms. The number of rotatable bonds is 8. The summed E-state index contributed by atoms with van der Waals surface area (Å²) in [7, 11) is 0. The first-order valence-electron chi connectivity index (χ1n) is 20.0. The van der Waals surface area contributed by atoms with Crippen LogP contribution in [0.15, 0.2) is 12.2 Å². The number of hydrogen-bond acceptors (Lipinski definition) is 6. The van der Waals surface area contributed by atoms with Crippen molar-refractivity contribution in [2.75, 3.05) is 32.7 Å². The van der Waals surface area contributed by atoms with Gasteiger partial charge in [0, 0.05) is 44.6 Å². The predicted molar refractivity (Wildman–Crippen MR) is 194 cm³/mol. The first-order valence-corrected chi connectivity index (χ1v) is 20.0. The minimum Gasteiger partial charge on any atom is -0.462 e. The number of aliphatic hydroxyl groups is 2. The molecule has 1 aliphatic heterocycles. The minimum atomic E-state index is -1.43. The lowest BCUT2D eigenvalue weighted by atomic mass is 9.29. The van der Waals surface area contributed by atoms with Crippen LogP contribution < -0.4 is 0 Å². The lowest BCUT2D eigenvalue weighted by Gasteiger charge is -2.76. The molecule has 6 rings (SSSR count). The minimum absolute atomic E-state index is 0.119. The average Bonchev–Trinajstić information content (AvgIpc) is 3.37. The SMILES string of the molecule is C=C(C)[C@@H]1CC[C@]2(CN3CCN(F)CC3)CC[C@@]3(C)[C@]4(C)CC[C@H]5C(C)(C)[C@@H](OC(=O)CC(C)(C)CC(O)O)CC[C@]5(C)[C@H]4CC[C@]3(C)[C@@H]12. The fourth-order valence-corrected chi connectivity index (χ4v) is 14.9. The molecule has 0 bridgehead atoms. The van der Waals surface area contributed by atoms with Crippen molar-refractivity contribution in [3.05, 3.63) is 12.2 Å². The lowest BCUT2D eigenvalue weighted by molar-refractivity contribution is -0.279. The molecule has 10 atom stereocenters. The number of aliphatic hydroxyl groups excluding tert-OH is 1. The number of esters is 1. The highest BCUT2D eigenvalue weighted by Gasteiger charge is 2.74. The Labute approximate surface area is 297 Å². The molecule has 0 amide bonds. The Balaban J connectivity index is 1.26. The average molecular weight is 687 g/mol. The van der Waals surface area contributed by atoms with Gasteiger partial charge in [-0.05, 0) is 127 Å². The van der Waals surface area contributed by atoms with Crippen LogP contribution in [0.1, 0.15) is 139 Å². The van der Waals surface area contributed by atoms with Gasteiger partial charge in [-0.2, -0.15) is 0 Å². The molecular formula is C42H71FN2O4. The van der Waals surface area contributed by atoms with E-state index in [1.165, 1.54) is 56.9 Å². The molecule has 1 saturated heterocycles. The number of piperazine rings is 1. The standard InChI is InChI=1S/C42H71FN2O4/c1-28(2)29-11-18-42(27-44-21-23-45(43)24-22-44)20-19-41(10)39(8)16-12-30-37(5,6)32(49-34(48)26-36(3,4)25-33(46)47)14-15-38(30,7)31(39)13-17-40(41,9)35(29)42/h29-33,35,46-47H,1,11-27H2,2-10H3/t29-,30-,31+,32-,35+,38-,39+,40+,41-,42+/m0/s1. The van der Waals surface area contributed by atoms with E-state index in [-0.39, 0.29) is 57.4 Å². The number of hydrogen-bond donors (Lipinski definition) is 2. The van der Waals surface area contributed by atoms with Gasteiger partial charge >= 0.3 is 5.97 Å². The summed E-state index contributed by atoms with van der Waals surface area (Å²) < 4.78 is 20.4.